The van der Waals surface area contributed by atoms with Crippen molar-refractivity contribution in [1.29, 1.82) is 0 Å². The molecule has 2 aromatic rings. The van der Waals surface area contributed by atoms with Gasteiger partial charge in [-0.05, 0) is 25.7 Å². The van der Waals surface area contributed by atoms with Gasteiger partial charge in [0.1, 0.15) is 11.5 Å². The second kappa shape index (κ2) is 7.35. The molecule has 1 fully saturated rings. The Bertz CT molecular complexity index is 850. The summed E-state index contributed by atoms with van der Waals surface area (Å²) in [6.45, 7) is 0. The molecule has 0 aromatic heterocycles. The largest absolute Gasteiger partial charge is 0.456 e. The average Bonchev–Trinajstić information content (AvgIpc) is 3.21. The molecule has 1 aliphatic carbocycles. The van der Waals surface area contributed by atoms with Gasteiger partial charge < -0.3 is 4.74 Å². The first-order valence-corrected chi connectivity index (χ1v) is 10.7. The monoisotopic (exact) mass is 364 g/mol. The van der Waals surface area contributed by atoms with Crippen molar-refractivity contribution < 1.29 is 9.30 Å². The first-order chi connectivity index (χ1) is 12.7. The van der Waals surface area contributed by atoms with Crippen molar-refractivity contribution in [2.24, 2.45) is 5.10 Å². The fourth-order valence-electron chi connectivity index (χ4n) is 3.13. The molecule has 4 rings (SSSR count). The zero-order valence-corrected chi connectivity index (χ0v) is 15.4. The van der Waals surface area contributed by atoms with Crippen LogP contribution < -0.4 is 5.20 Å². The first kappa shape index (κ1) is 16.9. The van der Waals surface area contributed by atoms with Crippen LogP contribution in [0.1, 0.15) is 36.8 Å². The molecule has 1 heterocycles. The highest BCUT2D eigenvalue weighted by Gasteiger charge is 2.27. The molecule has 0 spiro atoms. The maximum atomic E-state index is 13.5. The lowest BCUT2D eigenvalue weighted by molar-refractivity contribution is 0.468. The molecular weight excluding hydrogens is 343 g/mol. The van der Waals surface area contributed by atoms with Gasteiger partial charge in [0.2, 0.25) is 7.29 Å². The van der Waals surface area contributed by atoms with E-state index < -0.39 is 7.29 Å². The molecule has 0 atom stereocenters. The molecule has 1 saturated carbocycles. The van der Waals surface area contributed by atoms with Gasteiger partial charge >= 0.3 is 0 Å². The van der Waals surface area contributed by atoms with Crippen LogP contribution in [0.4, 0.5) is 0 Å². The summed E-state index contributed by atoms with van der Waals surface area (Å²) in [7, 11) is -3.00. The van der Waals surface area contributed by atoms with Gasteiger partial charge in [0.15, 0.2) is 0 Å². The number of hydrazone groups is 1. The third kappa shape index (κ3) is 3.81. The van der Waals surface area contributed by atoms with Gasteiger partial charge in [-0.3, -0.25) is 9.76 Å². The number of hydrogen-bond donors (Lipinski definition) is 1. The van der Waals surface area contributed by atoms with Gasteiger partial charge in [-0.15, -0.1) is 0 Å². The van der Waals surface area contributed by atoms with Crippen molar-refractivity contribution in [3.8, 4) is 0 Å². The summed E-state index contributed by atoms with van der Waals surface area (Å²) >= 11 is 0. The van der Waals surface area contributed by atoms with E-state index in [2.05, 4.69) is 10.3 Å². The highest BCUT2D eigenvalue weighted by Crippen LogP contribution is 2.53. The van der Waals surface area contributed by atoms with E-state index in [-0.39, 0.29) is 0 Å². The molecule has 0 bridgehead atoms. The van der Waals surface area contributed by atoms with Crippen molar-refractivity contribution in [3.63, 3.8) is 0 Å². The van der Waals surface area contributed by atoms with Crippen molar-refractivity contribution in [2.45, 2.75) is 25.7 Å². The smallest absolute Gasteiger partial charge is 0.235 e. The van der Waals surface area contributed by atoms with Crippen LogP contribution in [0.2, 0.25) is 0 Å². The van der Waals surface area contributed by atoms with E-state index in [1.807, 2.05) is 60.7 Å². The third-order valence-electron chi connectivity index (χ3n) is 4.50. The summed E-state index contributed by atoms with van der Waals surface area (Å²) in [6.07, 6.45) is 4.27. The molecule has 0 radical (unpaired) electrons. The highest BCUT2D eigenvalue weighted by atomic mass is 31.2. The number of nitrogens with zero attached hydrogens (tertiary/aromatic N) is 1. The molecular formula is C21H21N2O2P. The van der Waals surface area contributed by atoms with Crippen LogP contribution in [0.25, 0.3) is 11.5 Å². The third-order valence-corrected chi connectivity index (χ3v) is 6.15. The van der Waals surface area contributed by atoms with Crippen LogP contribution in [0.3, 0.4) is 0 Å². The number of rotatable bonds is 4. The van der Waals surface area contributed by atoms with Crippen LogP contribution >= 0.6 is 7.29 Å². The predicted molar refractivity (Wildman–Crippen MR) is 107 cm³/mol. The number of hydrogen-bond acceptors (Lipinski definition) is 3. The van der Waals surface area contributed by atoms with Gasteiger partial charge in [0, 0.05) is 28.5 Å². The van der Waals surface area contributed by atoms with E-state index in [4.69, 9.17) is 4.74 Å². The van der Waals surface area contributed by atoms with Crippen LogP contribution in [0.5, 0.6) is 0 Å². The molecule has 1 N–H and O–H groups in total. The van der Waals surface area contributed by atoms with Crippen molar-refractivity contribution in [1.82, 2.24) is 5.20 Å². The standard InChI is InChI=1S/C21H21N2O2P/c24-26(23-22-19-13-7-8-14-19)15-20(17-9-3-1-4-10-17)25-21(16-26)18-11-5-2-6-12-18/h1-6,9-12,15-16H,7-8,13-14H2,(H,23,24). The van der Waals surface area contributed by atoms with Gasteiger partial charge in [-0.2, -0.15) is 5.10 Å². The molecule has 132 valence electrons. The molecule has 26 heavy (non-hydrogen) atoms. The Labute approximate surface area is 153 Å². The summed E-state index contributed by atoms with van der Waals surface area (Å²) in [4.78, 5) is 0. The van der Waals surface area contributed by atoms with Crippen LogP contribution in [0, 0.1) is 0 Å². The fourth-order valence-corrected chi connectivity index (χ4v) is 4.72. The van der Waals surface area contributed by atoms with E-state index in [9.17, 15) is 4.57 Å². The van der Waals surface area contributed by atoms with E-state index in [0.29, 0.717) is 11.5 Å². The van der Waals surface area contributed by atoms with Crippen LogP contribution in [-0.4, -0.2) is 5.71 Å². The van der Waals surface area contributed by atoms with Crippen LogP contribution in [0.15, 0.2) is 77.4 Å². The zero-order chi connectivity index (χ0) is 17.8. The molecule has 0 amide bonds. The summed E-state index contributed by atoms with van der Waals surface area (Å²) < 4.78 is 19.6. The summed E-state index contributed by atoms with van der Waals surface area (Å²) in [5.74, 6) is 4.53. The Morgan fingerprint density at radius 3 is 1.81 bits per heavy atom. The molecule has 5 heteroatoms. The van der Waals surface area contributed by atoms with Crippen LogP contribution in [-0.2, 0) is 9.30 Å². The van der Waals surface area contributed by atoms with E-state index in [0.717, 1.165) is 42.5 Å². The summed E-state index contributed by atoms with van der Waals surface area (Å²) in [5, 5.41) is 7.38. The second-order valence-corrected chi connectivity index (χ2v) is 8.65. The number of ether oxygens (including phenoxy) is 1. The minimum atomic E-state index is -3.00. The Hall–Kier alpha value is -2.58. The fraction of sp³-hybridized carbons (Fsp3) is 0.190. The summed E-state index contributed by atoms with van der Waals surface area (Å²) in [5.41, 5.74) is 2.88. The maximum absolute atomic E-state index is 13.5. The number of nitrogens with one attached hydrogen (secondary N) is 1. The second-order valence-electron chi connectivity index (χ2n) is 6.52. The molecule has 0 unspecified atom stereocenters. The molecule has 2 aromatic carbocycles. The average molecular weight is 364 g/mol. The van der Waals surface area contributed by atoms with Gasteiger partial charge in [-0.1, -0.05) is 60.7 Å². The van der Waals surface area contributed by atoms with E-state index in [1.54, 1.807) is 11.6 Å². The molecule has 0 saturated heterocycles. The van der Waals surface area contributed by atoms with E-state index >= 15 is 0 Å². The molecule has 1 aliphatic heterocycles. The van der Waals surface area contributed by atoms with Gasteiger partial charge in [0.25, 0.3) is 0 Å². The lowest BCUT2D eigenvalue weighted by Crippen LogP contribution is -2.08. The zero-order valence-electron chi connectivity index (χ0n) is 14.5. The van der Waals surface area contributed by atoms with Gasteiger partial charge in [0.05, 0.1) is 0 Å². The topological polar surface area (TPSA) is 50.7 Å². The lowest BCUT2D eigenvalue weighted by Gasteiger charge is -2.22. The first-order valence-electron chi connectivity index (χ1n) is 8.88. The van der Waals surface area contributed by atoms with Gasteiger partial charge in [-0.25, -0.2) is 0 Å². The Balaban J connectivity index is 1.71. The molecule has 2 aliphatic rings. The Morgan fingerprint density at radius 2 is 1.31 bits per heavy atom. The molecule has 4 nitrogen and oxygen atoms in total. The van der Waals surface area contributed by atoms with E-state index in [1.165, 1.54) is 0 Å². The predicted octanol–water partition coefficient (Wildman–Crippen LogP) is 5.81. The van der Waals surface area contributed by atoms with Crippen molar-refractivity contribution in [2.75, 3.05) is 0 Å². The SMILES string of the molecule is O=P1(NN=C2CCCC2)C=C(c2ccccc2)OC(c2ccccc2)=C1. The quantitative estimate of drug-likeness (QED) is 0.550. The summed E-state index contributed by atoms with van der Waals surface area (Å²) in [6, 6.07) is 19.5. The lowest BCUT2D eigenvalue weighted by atomic mass is 10.2. The Morgan fingerprint density at radius 1 is 0.808 bits per heavy atom. The Kier molecular flexibility index (Phi) is 4.77. The van der Waals surface area contributed by atoms with Crippen molar-refractivity contribution >= 4 is 24.5 Å². The normalized spacial score (nSPS) is 18.5. The maximum Gasteiger partial charge on any atom is 0.235 e. The highest BCUT2D eigenvalue weighted by molar-refractivity contribution is 7.68. The van der Waals surface area contributed by atoms with Crippen molar-refractivity contribution in [3.05, 3.63) is 83.4 Å². The minimum Gasteiger partial charge on any atom is -0.456 e. The minimum absolute atomic E-state index is 0.592. The number of benzene rings is 2.